The van der Waals surface area contributed by atoms with Crippen molar-refractivity contribution in [2.45, 2.75) is 52.4 Å². The van der Waals surface area contributed by atoms with Gasteiger partial charge in [0.05, 0.1) is 5.56 Å². The van der Waals surface area contributed by atoms with E-state index in [1.54, 1.807) is 18.5 Å². The molecule has 0 aromatic carbocycles. The molecule has 0 N–H and O–H groups in total. The molecule has 1 aliphatic rings. The minimum absolute atomic E-state index is 0. The molecule has 1 amide bonds. The van der Waals surface area contributed by atoms with Crippen LogP contribution in [-0.4, -0.2) is 17.1 Å². The summed E-state index contributed by atoms with van der Waals surface area (Å²) in [4.78, 5) is 18.2. The quantitative estimate of drug-likeness (QED) is 0.749. The molecule has 0 radical (unpaired) electrons. The SMILES string of the molecule is CCCCCCCC.Cl.O=C1N=Cc2ccncc21. The van der Waals surface area contributed by atoms with E-state index < -0.39 is 0 Å². The molecule has 2 heterocycles. The Morgan fingerprint density at radius 1 is 1.05 bits per heavy atom. The van der Waals surface area contributed by atoms with Crippen molar-refractivity contribution in [1.29, 1.82) is 0 Å². The fourth-order valence-corrected chi connectivity index (χ4v) is 1.75. The number of aromatic nitrogens is 1. The van der Waals surface area contributed by atoms with E-state index in [0.717, 1.165) is 5.56 Å². The lowest BCUT2D eigenvalue weighted by molar-refractivity contribution is 0.101. The minimum atomic E-state index is -0.192. The van der Waals surface area contributed by atoms with Gasteiger partial charge in [-0.25, -0.2) is 4.99 Å². The molecule has 0 saturated carbocycles. The van der Waals surface area contributed by atoms with E-state index in [-0.39, 0.29) is 18.3 Å². The maximum absolute atomic E-state index is 10.8. The van der Waals surface area contributed by atoms with Gasteiger partial charge in [-0.3, -0.25) is 9.78 Å². The molecule has 2 rings (SSSR count). The Morgan fingerprint density at radius 2 is 1.68 bits per heavy atom. The highest BCUT2D eigenvalue weighted by molar-refractivity contribution is 6.12. The van der Waals surface area contributed by atoms with Gasteiger partial charge in [-0.15, -0.1) is 12.4 Å². The fourth-order valence-electron chi connectivity index (χ4n) is 1.75. The summed E-state index contributed by atoms with van der Waals surface area (Å²) >= 11 is 0. The molecule has 4 heteroatoms. The van der Waals surface area contributed by atoms with Gasteiger partial charge in [-0.2, -0.15) is 0 Å². The Hall–Kier alpha value is -1.22. The highest BCUT2D eigenvalue weighted by Gasteiger charge is 2.13. The van der Waals surface area contributed by atoms with E-state index >= 15 is 0 Å². The summed E-state index contributed by atoms with van der Waals surface area (Å²) in [5.41, 5.74) is 1.46. The number of pyridine rings is 1. The number of hydrogen-bond donors (Lipinski definition) is 0. The van der Waals surface area contributed by atoms with E-state index in [1.807, 2.05) is 0 Å². The number of hydrogen-bond acceptors (Lipinski definition) is 2. The number of rotatable bonds is 5. The molecule has 0 saturated heterocycles. The lowest BCUT2D eigenvalue weighted by Gasteiger charge is -1.93. The molecule has 1 aromatic rings. The van der Waals surface area contributed by atoms with Crippen LogP contribution < -0.4 is 0 Å². The van der Waals surface area contributed by atoms with E-state index in [2.05, 4.69) is 23.8 Å². The third-order valence-electron chi connectivity index (χ3n) is 2.86. The molecule has 0 fully saturated rings. The van der Waals surface area contributed by atoms with E-state index in [4.69, 9.17) is 0 Å². The van der Waals surface area contributed by atoms with Crippen LogP contribution in [0, 0.1) is 0 Å². The van der Waals surface area contributed by atoms with Gasteiger partial charge in [-0.05, 0) is 6.07 Å². The summed E-state index contributed by atoms with van der Waals surface area (Å²) in [6, 6.07) is 1.77. The van der Waals surface area contributed by atoms with Gasteiger partial charge in [0.25, 0.3) is 5.91 Å². The van der Waals surface area contributed by atoms with Crippen molar-refractivity contribution in [3.8, 4) is 0 Å². The average Bonchev–Trinajstić information content (AvgIpc) is 2.78. The standard InChI is InChI=1S/C8H18.C7H4N2O.ClH/c1-3-5-7-8-6-4-2;10-7-6-4-8-2-1-5(6)3-9-7;/h3-8H2,1-2H3;1-4H;1H. The fraction of sp³-hybridized carbons (Fsp3) is 0.533. The van der Waals surface area contributed by atoms with Gasteiger partial charge in [0.2, 0.25) is 0 Å². The molecule has 19 heavy (non-hydrogen) atoms. The topological polar surface area (TPSA) is 42.3 Å². The molecule has 0 spiro atoms. The number of halogens is 1. The molecule has 0 atom stereocenters. The van der Waals surface area contributed by atoms with Gasteiger partial charge >= 0.3 is 0 Å². The second-order valence-corrected chi connectivity index (χ2v) is 4.44. The van der Waals surface area contributed by atoms with Gasteiger partial charge in [-0.1, -0.05) is 52.4 Å². The lowest BCUT2D eigenvalue weighted by Crippen LogP contribution is -1.91. The van der Waals surface area contributed by atoms with Crippen LogP contribution in [-0.2, 0) is 0 Å². The Bertz CT molecular complexity index is 399. The summed E-state index contributed by atoms with van der Waals surface area (Å²) in [7, 11) is 0. The highest BCUT2D eigenvalue weighted by atomic mass is 35.5. The second kappa shape index (κ2) is 10.7. The number of nitrogens with zero attached hydrogens (tertiary/aromatic N) is 2. The van der Waals surface area contributed by atoms with Crippen molar-refractivity contribution in [2.24, 2.45) is 4.99 Å². The third kappa shape index (κ3) is 6.48. The molecule has 0 bridgehead atoms. The first kappa shape index (κ1) is 17.8. The molecule has 106 valence electrons. The number of unbranched alkanes of at least 4 members (excludes halogenated alkanes) is 5. The van der Waals surface area contributed by atoms with Crippen LogP contribution in [0.15, 0.2) is 23.5 Å². The van der Waals surface area contributed by atoms with E-state index in [1.165, 1.54) is 44.7 Å². The van der Waals surface area contributed by atoms with Crippen LogP contribution in [0.5, 0.6) is 0 Å². The largest absolute Gasteiger partial charge is 0.279 e. The molecule has 0 unspecified atom stereocenters. The van der Waals surface area contributed by atoms with Crippen LogP contribution in [0.1, 0.15) is 68.3 Å². The summed E-state index contributed by atoms with van der Waals surface area (Å²) in [5, 5.41) is 0. The van der Waals surface area contributed by atoms with Crippen molar-refractivity contribution in [3.05, 3.63) is 29.6 Å². The summed E-state index contributed by atoms with van der Waals surface area (Å²) in [6.07, 6.45) is 13.2. The van der Waals surface area contributed by atoms with Gasteiger partial charge in [0.1, 0.15) is 0 Å². The molecular formula is C15H23ClN2O. The number of amides is 1. The first-order valence-corrected chi connectivity index (χ1v) is 6.82. The van der Waals surface area contributed by atoms with Crippen LogP contribution in [0.3, 0.4) is 0 Å². The van der Waals surface area contributed by atoms with Gasteiger partial charge < -0.3 is 0 Å². The first-order chi connectivity index (χ1) is 8.79. The Balaban J connectivity index is 0.000000335. The van der Waals surface area contributed by atoms with E-state index in [0.29, 0.717) is 5.56 Å². The highest BCUT2D eigenvalue weighted by Crippen LogP contribution is 2.11. The molecule has 0 aliphatic carbocycles. The van der Waals surface area contributed by atoms with Crippen LogP contribution in [0.2, 0.25) is 0 Å². The third-order valence-corrected chi connectivity index (χ3v) is 2.86. The van der Waals surface area contributed by atoms with E-state index in [9.17, 15) is 4.79 Å². The molecule has 1 aliphatic heterocycles. The number of aliphatic imine (C=N–C) groups is 1. The zero-order valence-electron chi connectivity index (χ0n) is 11.8. The Morgan fingerprint density at radius 3 is 2.21 bits per heavy atom. The smallest absolute Gasteiger partial charge is 0.267 e. The summed E-state index contributed by atoms with van der Waals surface area (Å²) in [5.74, 6) is -0.192. The van der Waals surface area contributed by atoms with Crippen LogP contribution >= 0.6 is 12.4 Å². The number of carbonyl (C=O) groups is 1. The normalized spacial score (nSPS) is 11.4. The maximum atomic E-state index is 10.8. The van der Waals surface area contributed by atoms with Crippen molar-refractivity contribution in [2.75, 3.05) is 0 Å². The summed E-state index contributed by atoms with van der Waals surface area (Å²) < 4.78 is 0. The monoisotopic (exact) mass is 282 g/mol. The predicted molar refractivity (Wildman–Crippen MR) is 82.5 cm³/mol. The van der Waals surface area contributed by atoms with Crippen LogP contribution in [0.25, 0.3) is 0 Å². The van der Waals surface area contributed by atoms with Gasteiger partial charge in [0, 0.05) is 24.2 Å². The first-order valence-electron chi connectivity index (χ1n) is 6.82. The number of carbonyl (C=O) groups excluding carboxylic acids is 1. The molecular weight excluding hydrogens is 260 g/mol. The molecule has 3 nitrogen and oxygen atoms in total. The Labute approximate surface area is 122 Å². The Kier molecular flexibility index (Phi) is 9.99. The number of fused-ring (bicyclic) bond motifs is 1. The summed E-state index contributed by atoms with van der Waals surface area (Å²) in [6.45, 7) is 4.51. The zero-order valence-corrected chi connectivity index (χ0v) is 12.6. The van der Waals surface area contributed by atoms with Crippen molar-refractivity contribution < 1.29 is 4.79 Å². The van der Waals surface area contributed by atoms with Gasteiger partial charge in [0.15, 0.2) is 0 Å². The predicted octanol–water partition coefficient (Wildman–Crippen LogP) is 4.44. The zero-order chi connectivity index (χ0) is 13.2. The maximum Gasteiger partial charge on any atom is 0.279 e. The molecule has 1 aromatic heterocycles. The van der Waals surface area contributed by atoms with Crippen molar-refractivity contribution >= 4 is 24.5 Å². The van der Waals surface area contributed by atoms with Crippen LogP contribution in [0.4, 0.5) is 0 Å². The lowest BCUT2D eigenvalue weighted by atomic mass is 10.1. The second-order valence-electron chi connectivity index (χ2n) is 4.44. The minimum Gasteiger partial charge on any atom is -0.267 e. The van der Waals surface area contributed by atoms with Crippen molar-refractivity contribution in [3.63, 3.8) is 0 Å². The average molecular weight is 283 g/mol. The van der Waals surface area contributed by atoms with Crippen molar-refractivity contribution in [1.82, 2.24) is 4.98 Å².